The van der Waals surface area contributed by atoms with Crippen LogP contribution in [0.5, 0.6) is 5.75 Å². The van der Waals surface area contributed by atoms with Crippen molar-refractivity contribution in [3.8, 4) is 5.75 Å². The second-order valence-electron chi connectivity index (χ2n) is 5.16. The van der Waals surface area contributed by atoms with E-state index in [0.29, 0.717) is 16.7 Å². The first kappa shape index (κ1) is 16.4. The highest BCUT2D eigenvalue weighted by Crippen LogP contribution is 2.25. The highest BCUT2D eigenvalue weighted by Gasteiger charge is 2.18. The van der Waals surface area contributed by atoms with Crippen LogP contribution >= 0.6 is 0 Å². The first-order chi connectivity index (χ1) is 10.9. The molecule has 1 atom stereocenters. The summed E-state index contributed by atoms with van der Waals surface area (Å²) in [5.74, 6) is -1.12. The van der Waals surface area contributed by atoms with Crippen LogP contribution in [0, 0.1) is 10.1 Å². The summed E-state index contributed by atoms with van der Waals surface area (Å²) in [7, 11) is 0. The molecular weight excluding hydrogens is 300 g/mol. The van der Waals surface area contributed by atoms with Crippen LogP contribution in [0.15, 0.2) is 42.5 Å². The maximum absolute atomic E-state index is 11.1. The molecule has 0 saturated heterocycles. The SMILES string of the molecule is N[C@@H](Cc1ccc(O)cc1Cc1ccccc1[N+](=O)[O-])C(=O)O. The number of hydrogen-bond acceptors (Lipinski definition) is 5. The molecule has 0 unspecified atom stereocenters. The lowest BCUT2D eigenvalue weighted by Gasteiger charge is -2.13. The van der Waals surface area contributed by atoms with Crippen molar-refractivity contribution in [2.24, 2.45) is 5.73 Å². The maximum Gasteiger partial charge on any atom is 0.320 e. The van der Waals surface area contributed by atoms with Crippen molar-refractivity contribution in [3.05, 3.63) is 69.3 Å². The predicted molar refractivity (Wildman–Crippen MR) is 83.3 cm³/mol. The minimum absolute atomic E-state index is 0.00577. The summed E-state index contributed by atoms with van der Waals surface area (Å²) in [6.45, 7) is 0. The molecule has 0 aliphatic carbocycles. The molecule has 0 radical (unpaired) electrons. The maximum atomic E-state index is 11.1. The molecule has 0 heterocycles. The number of aromatic hydroxyl groups is 1. The van der Waals surface area contributed by atoms with Crippen LogP contribution < -0.4 is 5.73 Å². The van der Waals surface area contributed by atoms with Crippen molar-refractivity contribution >= 4 is 11.7 Å². The van der Waals surface area contributed by atoms with E-state index >= 15 is 0 Å². The highest BCUT2D eigenvalue weighted by atomic mass is 16.6. The molecule has 2 aromatic rings. The third kappa shape index (κ3) is 4.04. The minimum Gasteiger partial charge on any atom is -0.508 e. The molecule has 0 fully saturated rings. The largest absolute Gasteiger partial charge is 0.508 e. The van der Waals surface area contributed by atoms with Crippen molar-refractivity contribution < 1.29 is 19.9 Å². The van der Waals surface area contributed by atoms with Gasteiger partial charge in [0.1, 0.15) is 11.8 Å². The molecule has 0 saturated carbocycles. The van der Waals surface area contributed by atoms with E-state index < -0.39 is 16.9 Å². The molecule has 0 aliphatic heterocycles. The average Bonchev–Trinajstić information content (AvgIpc) is 2.50. The Labute approximate surface area is 132 Å². The van der Waals surface area contributed by atoms with Crippen LogP contribution in [0.2, 0.25) is 0 Å². The summed E-state index contributed by atoms with van der Waals surface area (Å²) in [6, 6.07) is 9.71. The van der Waals surface area contributed by atoms with Gasteiger partial charge in [-0.1, -0.05) is 24.3 Å². The Hall–Kier alpha value is -2.93. The number of carboxylic acids is 1. The van der Waals surface area contributed by atoms with Crippen LogP contribution in [0.4, 0.5) is 5.69 Å². The first-order valence-electron chi connectivity index (χ1n) is 6.90. The molecule has 0 aromatic heterocycles. The van der Waals surface area contributed by atoms with Gasteiger partial charge in [-0.3, -0.25) is 14.9 Å². The zero-order chi connectivity index (χ0) is 17.0. The van der Waals surface area contributed by atoms with E-state index in [0.717, 1.165) is 0 Å². The standard InChI is InChI=1S/C16H16N2O5/c17-14(16(20)21)9-10-5-6-13(19)8-12(10)7-11-3-1-2-4-15(11)18(22)23/h1-6,8,14,19H,7,9,17H2,(H,20,21)/t14-/m0/s1. The Balaban J connectivity index is 2.38. The lowest BCUT2D eigenvalue weighted by molar-refractivity contribution is -0.385. The van der Waals surface area contributed by atoms with Crippen LogP contribution in [-0.2, 0) is 17.6 Å². The van der Waals surface area contributed by atoms with E-state index in [2.05, 4.69) is 0 Å². The first-order valence-corrected chi connectivity index (χ1v) is 6.90. The Bertz CT molecular complexity index is 745. The third-order valence-corrected chi connectivity index (χ3v) is 3.52. The monoisotopic (exact) mass is 316 g/mol. The van der Waals surface area contributed by atoms with Crippen LogP contribution in [0.25, 0.3) is 0 Å². The van der Waals surface area contributed by atoms with E-state index in [1.807, 2.05) is 0 Å². The number of hydrogen-bond donors (Lipinski definition) is 3. The fraction of sp³-hybridized carbons (Fsp3) is 0.188. The van der Waals surface area contributed by atoms with E-state index in [1.165, 1.54) is 18.2 Å². The van der Waals surface area contributed by atoms with Gasteiger partial charge < -0.3 is 15.9 Å². The number of para-hydroxylation sites is 1. The molecule has 2 rings (SSSR count). The number of aliphatic carboxylic acids is 1. The summed E-state index contributed by atoms with van der Waals surface area (Å²) in [4.78, 5) is 21.5. The number of carboxylic acid groups (broad SMARTS) is 1. The second kappa shape index (κ2) is 6.89. The van der Waals surface area contributed by atoms with Gasteiger partial charge in [0.2, 0.25) is 0 Å². The number of benzene rings is 2. The fourth-order valence-electron chi connectivity index (χ4n) is 2.34. The summed E-state index contributed by atoms with van der Waals surface area (Å²) < 4.78 is 0. The number of phenolic OH excluding ortho intramolecular Hbond substituents is 1. The van der Waals surface area contributed by atoms with E-state index in [9.17, 15) is 20.0 Å². The van der Waals surface area contributed by atoms with Gasteiger partial charge in [-0.2, -0.15) is 0 Å². The number of phenols is 1. The molecule has 2 aromatic carbocycles. The van der Waals surface area contributed by atoms with E-state index in [4.69, 9.17) is 10.8 Å². The molecule has 120 valence electrons. The molecule has 7 nitrogen and oxygen atoms in total. The van der Waals surface area contributed by atoms with E-state index in [1.54, 1.807) is 24.3 Å². The summed E-state index contributed by atoms with van der Waals surface area (Å²) in [5, 5.41) is 29.7. The van der Waals surface area contributed by atoms with Gasteiger partial charge >= 0.3 is 5.97 Å². The quantitative estimate of drug-likeness (QED) is 0.551. The lowest BCUT2D eigenvalue weighted by Crippen LogP contribution is -2.32. The van der Waals surface area contributed by atoms with Gasteiger partial charge in [0.25, 0.3) is 5.69 Å². The molecule has 0 amide bonds. The van der Waals surface area contributed by atoms with Gasteiger partial charge in [-0.25, -0.2) is 0 Å². The molecule has 23 heavy (non-hydrogen) atoms. The molecule has 0 aliphatic rings. The van der Waals surface area contributed by atoms with Crippen LogP contribution in [0.3, 0.4) is 0 Å². The molecule has 0 bridgehead atoms. The predicted octanol–water partition coefficient (Wildman–Crippen LogP) is 1.85. The van der Waals surface area contributed by atoms with Crippen LogP contribution in [-0.4, -0.2) is 27.1 Å². The fourth-order valence-corrected chi connectivity index (χ4v) is 2.34. The molecule has 7 heteroatoms. The number of rotatable bonds is 6. The third-order valence-electron chi connectivity index (χ3n) is 3.52. The highest BCUT2D eigenvalue weighted by molar-refractivity contribution is 5.73. The van der Waals surface area contributed by atoms with Gasteiger partial charge in [0.05, 0.1) is 4.92 Å². The van der Waals surface area contributed by atoms with Crippen molar-refractivity contribution in [3.63, 3.8) is 0 Å². The minimum atomic E-state index is -1.13. The Morgan fingerprint density at radius 1 is 1.17 bits per heavy atom. The van der Waals surface area contributed by atoms with Gasteiger partial charge in [0.15, 0.2) is 0 Å². The van der Waals surface area contributed by atoms with Crippen LogP contribution in [0.1, 0.15) is 16.7 Å². The number of nitrogens with zero attached hydrogens (tertiary/aromatic N) is 1. The Morgan fingerprint density at radius 2 is 1.87 bits per heavy atom. The summed E-state index contributed by atoms with van der Waals surface area (Å²) in [6.07, 6.45) is 0.277. The summed E-state index contributed by atoms with van der Waals surface area (Å²) in [5.41, 5.74) is 7.26. The number of carbonyl (C=O) groups is 1. The Morgan fingerprint density at radius 3 is 2.52 bits per heavy atom. The van der Waals surface area contributed by atoms with Gasteiger partial charge in [-0.15, -0.1) is 0 Å². The van der Waals surface area contributed by atoms with Crippen molar-refractivity contribution in [1.29, 1.82) is 0 Å². The van der Waals surface area contributed by atoms with Gasteiger partial charge in [0, 0.05) is 18.1 Å². The van der Waals surface area contributed by atoms with Gasteiger partial charge in [-0.05, 0) is 29.7 Å². The van der Waals surface area contributed by atoms with Crippen molar-refractivity contribution in [2.75, 3.05) is 0 Å². The number of nitro benzene ring substituents is 1. The zero-order valence-corrected chi connectivity index (χ0v) is 12.2. The molecular formula is C16H16N2O5. The lowest BCUT2D eigenvalue weighted by atomic mass is 9.94. The van der Waals surface area contributed by atoms with E-state index in [-0.39, 0.29) is 24.3 Å². The zero-order valence-electron chi connectivity index (χ0n) is 12.2. The smallest absolute Gasteiger partial charge is 0.320 e. The molecule has 0 spiro atoms. The second-order valence-corrected chi connectivity index (χ2v) is 5.16. The number of nitro groups is 1. The summed E-state index contributed by atoms with van der Waals surface area (Å²) >= 11 is 0. The normalized spacial score (nSPS) is 11.9. The topological polar surface area (TPSA) is 127 Å². The van der Waals surface area contributed by atoms with Crippen molar-refractivity contribution in [1.82, 2.24) is 0 Å². The average molecular weight is 316 g/mol. The van der Waals surface area contributed by atoms with Crippen molar-refractivity contribution in [2.45, 2.75) is 18.9 Å². The number of nitrogens with two attached hydrogens (primary N) is 1. The Kier molecular flexibility index (Phi) is 4.92. The molecule has 4 N–H and O–H groups in total.